The zero-order chi connectivity index (χ0) is 14.5. The van der Waals surface area contributed by atoms with Gasteiger partial charge >= 0.3 is 0 Å². The molecule has 0 saturated carbocycles. The van der Waals surface area contributed by atoms with E-state index in [1.54, 1.807) is 0 Å². The van der Waals surface area contributed by atoms with Crippen molar-refractivity contribution in [2.75, 3.05) is 32.7 Å². The van der Waals surface area contributed by atoms with E-state index < -0.39 is 6.04 Å². The smallest absolute Gasteiger partial charge is 0.239 e. The molecule has 0 rings (SSSR count). The Hall–Kier alpha value is -0.690. The first kappa shape index (κ1) is 18.3. The lowest BCUT2D eigenvalue weighted by Gasteiger charge is -2.25. The van der Waals surface area contributed by atoms with Crippen LogP contribution in [0, 0.1) is 0 Å². The summed E-state index contributed by atoms with van der Waals surface area (Å²) in [4.78, 5) is 14.1. The Bertz CT molecular complexity index is 225. The van der Waals surface area contributed by atoms with Gasteiger partial charge in [-0.05, 0) is 51.7 Å². The summed E-state index contributed by atoms with van der Waals surface area (Å²) < 4.78 is 0. The van der Waals surface area contributed by atoms with Gasteiger partial charge in [0.1, 0.15) is 0 Å². The summed E-state index contributed by atoms with van der Waals surface area (Å²) >= 11 is 0. The van der Waals surface area contributed by atoms with Gasteiger partial charge in [0.2, 0.25) is 5.91 Å². The minimum atomic E-state index is -0.415. The van der Waals surface area contributed by atoms with E-state index in [4.69, 9.17) is 22.9 Å². The van der Waals surface area contributed by atoms with Gasteiger partial charge in [-0.1, -0.05) is 6.42 Å². The molecule has 19 heavy (non-hydrogen) atoms. The summed E-state index contributed by atoms with van der Waals surface area (Å²) in [5.41, 5.74) is 22.4. The van der Waals surface area contributed by atoms with E-state index in [0.717, 1.165) is 38.6 Å². The molecule has 0 saturated heterocycles. The minimum Gasteiger partial charge on any atom is -0.341 e. The molecule has 0 fully saturated rings. The van der Waals surface area contributed by atoms with E-state index in [-0.39, 0.29) is 5.91 Å². The molecule has 6 nitrogen and oxygen atoms in total. The van der Waals surface area contributed by atoms with Gasteiger partial charge in [0.05, 0.1) is 6.04 Å². The summed E-state index contributed by atoms with van der Waals surface area (Å²) in [6, 6.07) is -0.415. The first-order valence-electron chi connectivity index (χ1n) is 7.32. The predicted molar refractivity (Wildman–Crippen MR) is 79.4 cm³/mol. The second kappa shape index (κ2) is 12.3. The third-order valence-corrected chi connectivity index (χ3v) is 3.11. The fourth-order valence-corrected chi connectivity index (χ4v) is 1.93. The molecule has 0 aliphatic heterocycles. The van der Waals surface area contributed by atoms with Gasteiger partial charge in [-0.25, -0.2) is 0 Å². The minimum absolute atomic E-state index is 0.0301. The SMILES string of the molecule is NCCCC[C@@H](N)C(=O)N(CCCN)CCCCN. The molecule has 6 heteroatoms. The molecule has 114 valence electrons. The van der Waals surface area contributed by atoms with Gasteiger partial charge in [0.15, 0.2) is 0 Å². The van der Waals surface area contributed by atoms with Crippen LogP contribution in [-0.4, -0.2) is 49.6 Å². The molecule has 0 heterocycles. The number of carbonyl (C=O) groups excluding carboxylic acids is 1. The normalized spacial score (nSPS) is 12.4. The number of amides is 1. The summed E-state index contributed by atoms with van der Waals surface area (Å²) in [7, 11) is 0. The van der Waals surface area contributed by atoms with Crippen LogP contribution in [0.15, 0.2) is 0 Å². The lowest BCUT2D eigenvalue weighted by Crippen LogP contribution is -2.45. The highest BCUT2D eigenvalue weighted by molar-refractivity contribution is 5.81. The quantitative estimate of drug-likeness (QED) is 0.352. The molecule has 0 spiro atoms. The van der Waals surface area contributed by atoms with Gasteiger partial charge in [-0.15, -0.1) is 0 Å². The Morgan fingerprint density at radius 2 is 1.37 bits per heavy atom. The van der Waals surface area contributed by atoms with E-state index >= 15 is 0 Å². The fourth-order valence-electron chi connectivity index (χ4n) is 1.93. The molecule has 0 aliphatic carbocycles. The van der Waals surface area contributed by atoms with Crippen LogP contribution in [0.1, 0.15) is 38.5 Å². The standard InChI is InChI=1S/C13H31N5O/c14-7-2-1-6-12(17)13(19)18(11-5-9-16)10-4-3-8-15/h12H,1-11,14-17H2/t12-/m1/s1. The van der Waals surface area contributed by atoms with Gasteiger partial charge in [-0.3, -0.25) is 4.79 Å². The lowest BCUT2D eigenvalue weighted by molar-refractivity contribution is -0.132. The van der Waals surface area contributed by atoms with Crippen molar-refractivity contribution in [1.82, 2.24) is 4.90 Å². The van der Waals surface area contributed by atoms with E-state index in [0.29, 0.717) is 32.6 Å². The average molecular weight is 273 g/mol. The number of carbonyl (C=O) groups is 1. The number of hydrogen-bond donors (Lipinski definition) is 4. The highest BCUT2D eigenvalue weighted by Crippen LogP contribution is 2.05. The van der Waals surface area contributed by atoms with Gasteiger partial charge in [-0.2, -0.15) is 0 Å². The molecule has 8 N–H and O–H groups in total. The predicted octanol–water partition coefficient (Wildman–Crippen LogP) is -0.641. The van der Waals surface area contributed by atoms with Crippen LogP contribution in [0.25, 0.3) is 0 Å². The number of hydrogen-bond acceptors (Lipinski definition) is 5. The molecule has 1 amide bonds. The number of unbranched alkanes of at least 4 members (excludes halogenated alkanes) is 2. The third kappa shape index (κ3) is 8.93. The zero-order valence-corrected chi connectivity index (χ0v) is 12.0. The topological polar surface area (TPSA) is 124 Å². The first-order valence-corrected chi connectivity index (χ1v) is 7.32. The van der Waals surface area contributed by atoms with Crippen molar-refractivity contribution in [1.29, 1.82) is 0 Å². The highest BCUT2D eigenvalue weighted by Gasteiger charge is 2.19. The number of nitrogens with two attached hydrogens (primary N) is 4. The fraction of sp³-hybridized carbons (Fsp3) is 0.923. The molecule has 0 aliphatic rings. The van der Waals surface area contributed by atoms with Crippen molar-refractivity contribution in [3.8, 4) is 0 Å². The number of nitrogens with zero attached hydrogens (tertiary/aromatic N) is 1. The molecule has 0 aromatic rings. The average Bonchev–Trinajstić information content (AvgIpc) is 2.42. The van der Waals surface area contributed by atoms with Gasteiger partial charge in [0, 0.05) is 13.1 Å². The molecule has 0 bridgehead atoms. The summed E-state index contributed by atoms with van der Waals surface area (Å²) in [6.45, 7) is 3.30. The largest absolute Gasteiger partial charge is 0.341 e. The van der Waals surface area contributed by atoms with Crippen LogP contribution in [0.4, 0.5) is 0 Å². The molecule has 0 radical (unpaired) electrons. The Morgan fingerprint density at radius 3 is 1.95 bits per heavy atom. The van der Waals surface area contributed by atoms with Crippen LogP contribution in [0.5, 0.6) is 0 Å². The Kier molecular flexibility index (Phi) is 11.9. The third-order valence-electron chi connectivity index (χ3n) is 3.11. The van der Waals surface area contributed by atoms with Crippen molar-refractivity contribution in [3.05, 3.63) is 0 Å². The van der Waals surface area contributed by atoms with E-state index in [1.165, 1.54) is 0 Å². The molecular weight excluding hydrogens is 242 g/mol. The first-order chi connectivity index (χ1) is 9.17. The van der Waals surface area contributed by atoms with Gasteiger partial charge < -0.3 is 27.8 Å². The van der Waals surface area contributed by atoms with E-state index in [1.807, 2.05) is 4.90 Å². The van der Waals surface area contributed by atoms with E-state index in [2.05, 4.69) is 0 Å². The Labute approximate surface area is 116 Å². The second-order valence-electron chi connectivity index (χ2n) is 4.85. The van der Waals surface area contributed by atoms with Crippen LogP contribution in [0.2, 0.25) is 0 Å². The van der Waals surface area contributed by atoms with Gasteiger partial charge in [0.25, 0.3) is 0 Å². The Morgan fingerprint density at radius 1 is 0.842 bits per heavy atom. The lowest BCUT2D eigenvalue weighted by atomic mass is 10.1. The molecule has 1 atom stereocenters. The summed E-state index contributed by atoms with van der Waals surface area (Å²) in [5.74, 6) is 0.0301. The van der Waals surface area contributed by atoms with Crippen LogP contribution in [0.3, 0.4) is 0 Å². The van der Waals surface area contributed by atoms with Crippen LogP contribution < -0.4 is 22.9 Å². The van der Waals surface area contributed by atoms with Crippen molar-refractivity contribution in [2.45, 2.75) is 44.6 Å². The highest BCUT2D eigenvalue weighted by atomic mass is 16.2. The van der Waals surface area contributed by atoms with Crippen molar-refractivity contribution in [3.63, 3.8) is 0 Å². The van der Waals surface area contributed by atoms with Crippen LogP contribution >= 0.6 is 0 Å². The molecule has 0 aromatic heterocycles. The van der Waals surface area contributed by atoms with Crippen molar-refractivity contribution >= 4 is 5.91 Å². The maximum Gasteiger partial charge on any atom is 0.239 e. The van der Waals surface area contributed by atoms with Crippen molar-refractivity contribution < 1.29 is 4.79 Å². The summed E-state index contributed by atoms with van der Waals surface area (Å²) in [5, 5.41) is 0. The maximum atomic E-state index is 12.2. The summed E-state index contributed by atoms with van der Waals surface area (Å²) in [6.07, 6.45) is 5.17. The van der Waals surface area contributed by atoms with Crippen molar-refractivity contribution in [2.24, 2.45) is 22.9 Å². The second-order valence-corrected chi connectivity index (χ2v) is 4.85. The monoisotopic (exact) mass is 273 g/mol. The zero-order valence-electron chi connectivity index (χ0n) is 12.0. The van der Waals surface area contributed by atoms with Crippen LogP contribution in [-0.2, 0) is 4.79 Å². The Balaban J connectivity index is 4.17. The number of rotatable bonds is 12. The maximum absolute atomic E-state index is 12.2. The molecule has 0 aromatic carbocycles. The molecule has 0 unspecified atom stereocenters. The van der Waals surface area contributed by atoms with E-state index in [9.17, 15) is 4.79 Å². The molecular formula is C13H31N5O.